The highest BCUT2D eigenvalue weighted by atomic mass is 32.2. The molecule has 2 heterocycles. The molecule has 15 heteroatoms. The van der Waals surface area contributed by atoms with Crippen LogP contribution in [-0.2, 0) is 20.8 Å². The number of rotatable bonds is 23. The maximum Gasteiger partial charge on any atom is 0.258 e. The highest BCUT2D eigenvalue weighted by molar-refractivity contribution is 7.97. The quantitative estimate of drug-likeness (QED) is 0.0166. The predicted molar refractivity (Wildman–Crippen MR) is 253 cm³/mol. The Bertz CT molecular complexity index is 2140. The number of amides is 1. The number of aromatic nitrogens is 3. The number of nitrogens with zero attached hydrogens (tertiary/aromatic N) is 4. The Hall–Kier alpha value is -5.50. The number of ether oxygens (including phenoxy) is 4. The summed E-state index contributed by atoms with van der Waals surface area (Å²) in [6.45, 7) is 18.2. The molecule has 0 bridgehead atoms. The van der Waals surface area contributed by atoms with Crippen LogP contribution in [0.3, 0.4) is 0 Å². The number of carbonyl (C=O) groups excluding carboxylic acids is 1. The van der Waals surface area contributed by atoms with Gasteiger partial charge in [0.25, 0.3) is 5.91 Å². The molecule has 5 rings (SSSR count). The van der Waals surface area contributed by atoms with Gasteiger partial charge in [0.15, 0.2) is 6.61 Å². The van der Waals surface area contributed by atoms with Gasteiger partial charge in [-0.25, -0.2) is 9.29 Å². The monoisotopic (exact) mass is 870 g/mol. The van der Waals surface area contributed by atoms with E-state index in [0.29, 0.717) is 57.5 Å². The lowest BCUT2D eigenvalue weighted by Gasteiger charge is -2.17. The van der Waals surface area contributed by atoms with Gasteiger partial charge in [-0.2, -0.15) is 0 Å². The number of hydrogen-bond donors (Lipinski definition) is 4. The lowest BCUT2D eigenvalue weighted by atomic mass is 10.0. The Balaban J connectivity index is 0.00000103. The van der Waals surface area contributed by atoms with Gasteiger partial charge in [0.2, 0.25) is 0 Å². The average molecular weight is 871 g/mol. The minimum absolute atomic E-state index is 0.106. The van der Waals surface area contributed by atoms with Gasteiger partial charge < -0.3 is 49.7 Å². The molecule has 0 aliphatic heterocycles. The van der Waals surface area contributed by atoms with E-state index in [1.54, 1.807) is 31.5 Å². The summed E-state index contributed by atoms with van der Waals surface area (Å²) in [4.78, 5) is 18.0. The smallest absolute Gasteiger partial charge is 0.258 e. The van der Waals surface area contributed by atoms with Crippen molar-refractivity contribution in [1.29, 1.82) is 0 Å². The molecule has 0 unspecified atom stereocenters. The van der Waals surface area contributed by atoms with Crippen molar-refractivity contribution in [2.24, 2.45) is 0 Å². The van der Waals surface area contributed by atoms with Crippen molar-refractivity contribution in [3.05, 3.63) is 90.6 Å². The van der Waals surface area contributed by atoms with Gasteiger partial charge in [-0.05, 0) is 120 Å². The van der Waals surface area contributed by atoms with E-state index in [9.17, 15) is 4.79 Å². The zero-order valence-corrected chi connectivity index (χ0v) is 38.6. The van der Waals surface area contributed by atoms with Crippen LogP contribution in [0.15, 0.2) is 83.0 Å². The summed E-state index contributed by atoms with van der Waals surface area (Å²) >= 11 is 1.62. The largest absolute Gasteiger partial charge is 0.495 e. The molecule has 5 aromatic rings. The number of nitrogens with two attached hydrogens (primary N) is 1. The Morgan fingerprint density at radius 3 is 2.53 bits per heavy atom. The predicted octanol–water partition coefficient (Wildman–Crippen LogP) is 7.75. The molecule has 1 amide bonds. The van der Waals surface area contributed by atoms with Crippen LogP contribution in [0.5, 0.6) is 11.5 Å². The van der Waals surface area contributed by atoms with Gasteiger partial charge in [-0.1, -0.05) is 42.6 Å². The summed E-state index contributed by atoms with van der Waals surface area (Å²) in [5.41, 5.74) is 13.1. The molecule has 14 nitrogen and oxygen atoms in total. The van der Waals surface area contributed by atoms with Crippen LogP contribution in [-0.4, -0.2) is 105 Å². The van der Waals surface area contributed by atoms with E-state index >= 15 is 0 Å². The second kappa shape index (κ2) is 28.9. The van der Waals surface area contributed by atoms with Crippen LogP contribution < -0.4 is 31.2 Å². The third-order valence-corrected chi connectivity index (χ3v) is 9.91. The molecule has 2 aromatic heterocycles. The summed E-state index contributed by atoms with van der Waals surface area (Å²) < 4.78 is 32.2. The fraction of sp³-hybridized carbons (Fsp3) is 0.426. The molecular formula is C47H66N8O6S. The number of imidazole rings is 1. The number of nitrogen functional groups attached to an aromatic ring is 1. The van der Waals surface area contributed by atoms with Crippen molar-refractivity contribution in [3.63, 3.8) is 0 Å². The molecule has 3 aromatic carbocycles. The van der Waals surface area contributed by atoms with Crippen LogP contribution in [0.4, 0.5) is 11.4 Å². The molecule has 0 saturated carbocycles. The molecule has 5 N–H and O–H groups in total. The van der Waals surface area contributed by atoms with Gasteiger partial charge in [0.05, 0.1) is 69.0 Å². The maximum atomic E-state index is 12.4. The highest BCUT2D eigenvalue weighted by Crippen LogP contribution is 2.33. The third kappa shape index (κ3) is 17.5. The number of nitrogens with one attached hydrogen (secondary N) is 3. The van der Waals surface area contributed by atoms with Crippen molar-refractivity contribution in [2.45, 2.75) is 58.9 Å². The standard InChI is InChI=1S/C39H47N7O6S.C5H13N.C3H6/c1-6-7-13-41-34-12-11-32(23-36(34)48-5)53-45(4)15-17-50-19-18-49-16-14-42-37(47)25-51-31-10-8-9-29(20-31)24-46-26-43-39-33(40)21-30(22-35(39)46)38-27(2)44-52-28(38)3;1-3-4-5-6-2;1-3-2/h8-12,20-23,26,41H,13-19,24-25,40H2,1-5H3,(H,42,47);6H,3-5H2,1-2H3;3H,1H2,2H3. The Morgan fingerprint density at radius 2 is 1.85 bits per heavy atom. The van der Waals surface area contributed by atoms with E-state index in [4.69, 9.17) is 29.2 Å². The number of aryl methyl sites for hydroxylation is 2. The number of unbranched alkanes of at least 4 members (excludes halogenated alkanes) is 1. The van der Waals surface area contributed by atoms with E-state index in [0.717, 1.165) is 68.6 Å². The first-order chi connectivity index (χ1) is 30.1. The first-order valence-corrected chi connectivity index (χ1v) is 21.6. The molecule has 0 fully saturated rings. The van der Waals surface area contributed by atoms with Crippen molar-refractivity contribution in [1.82, 2.24) is 29.6 Å². The molecule has 62 heavy (non-hydrogen) atoms. The van der Waals surface area contributed by atoms with Crippen molar-refractivity contribution in [2.75, 3.05) is 91.5 Å². The van der Waals surface area contributed by atoms with Crippen LogP contribution in [0.2, 0.25) is 0 Å². The van der Waals surface area contributed by atoms with Gasteiger partial charge in [0.1, 0.15) is 22.8 Å². The summed E-state index contributed by atoms with van der Waals surface area (Å²) in [6, 6.07) is 17.6. The van der Waals surface area contributed by atoms with Crippen LogP contribution in [0.25, 0.3) is 22.2 Å². The van der Waals surface area contributed by atoms with Crippen LogP contribution in [0, 0.1) is 25.7 Å². The van der Waals surface area contributed by atoms with E-state index in [1.165, 1.54) is 12.8 Å². The summed E-state index contributed by atoms with van der Waals surface area (Å²) in [6.07, 6.45) is 6.12. The number of fused-ring (bicyclic) bond motifs is 1. The third-order valence-electron chi connectivity index (χ3n) is 8.95. The first-order valence-electron chi connectivity index (χ1n) is 20.8. The molecule has 0 aliphatic rings. The molecule has 0 atom stereocenters. The first kappa shape index (κ1) is 50.9. The molecule has 0 radical (unpaired) electrons. The second-order valence-electron chi connectivity index (χ2n) is 14.0. The number of likely N-dealkylation sites (N-methyl/N-ethyl adjacent to an activating group) is 1. The summed E-state index contributed by atoms with van der Waals surface area (Å²) in [5.74, 6) is 7.74. The lowest BCUT2D eigenvalue weighted by molar-refractivity contribution is -0.123. The number of methoxy groups -OCH3 is 1. The number of hydrogen-bond acceptors (Lipinski definition) is 13. The average Bonchev–Trinajstić information content (AvgIpc) is 3.83. The minimum Gasteiger partial charge on any atom is -0.495 e. The number of anilines is 2. The summed E-state index contributed by atoms with van der Waals surface area (Å²) in [5, 5.41) is 13.2. The van der Waals surface area contributed by atoms with Gasteiger partial charge in [0, 0.05) is 30.1 Å². The number of allylic oxidation sites excluding steroid dienone is 1. The van der Waals surface area contributed by atoms with Gasteiger partial charge in [-0.15, -0.1) is 12.5 Å². The SMILES string of the molecule is C=CC.CC#CCNc1ccc(SN(C)CCOCCOCCNC(=O)COc2cccc(Cn3cnc4c(N)cc(-c5c(C)noc5C)cc43)c2)cc1OC.CCCCNC. The Morgan fingerprint density at radius 1 is 1.08 bits per heavy atom. The van der Waals surface area contributed by atoms with Crippen molar-refractivity contribution in [3.8, 4) is 34.5 Å². The highest BCUT2D eigenvalue weighted by Gasteiger charge is 2.16. The molecule has 0 saturated heterocycles. The number of carbonyl (C=O) groups is 1. The second-order valence-corrected chi connectivity index (χ2v) is 15.2. The van der Waals surface area contributed by atoms with E-state index in [1.807, 2.05) is 94.9 Å². The van der Waals surface area contributed by atoms with E-state index in [2.05, 4.69) is 61.8 Å². The van der Waals surface area contributed by atoms with Crippen molar-refractivity contribution >= 4 is 40.3 Å². The fourth-order valence-corrected chi connectivity index (χ4v) is 6.76. The topological polar surface area (TPSA) is 163 Å². The van der Waals surface area contributed by atoms with Crippen molar-refractivity contribution < 1.29 is 28.3 Å². The van der Waals surface area contributed by atoms with Crippen LogP contribution >= 0.6 is 11.9 Å². The molecule has 336 valence electrons. The van der Waals surface area contributed by atoms with E-state index in [-0.39, 0.29) is 12.5 Å². The molecule has 0 spiro atoms. The van der Waals surface area contributed by atoms with Gasteiger partial charge >= 0.3 is 0 Å². The lowest BCUT2D eigenvalue weighted by Crippen LogP contribution is -2.32. The minimum atomic E-state index is -0.229. The zero-order chi connectivity index (χ0) is 45.1. The van der Waals surface area contributed by atoms with E-state index < -0.39 is 0 Å². The summed E-state index contributed by atoms with van der Waals surface area (Å²) in [7, 11) is 5.66. The zero-order valence-electron chi connectivity index (χ0n) is 37.8. The molecule has 0 aliphatic carbocycles. The maximum absolute atomic E-state index is 12.4. The number of benzene rings is 3. The Labute approximate surface area is 372 Å². The van der Waals surface area contributed by atoms with Gasteiger partial charge in [-0.3, -0.25) is 4.79 Å². The Kier molecular flexibility index (Phi) is 23.7. The van der Waals surface area contributed by atoms with Crippen LogP contribution in [0.1, 0.15) is 50.6 Å². The molecular weight excluding hydrogens is 805 g/mol. The fourth-order valence-electron chi connectivity index (χ4n) is 5.95. The normalized spacial score (nSPS) is 10.5.